The lowest BCUT2D eigenvalue weighted by Gasteiger charge is -2.47. The fourth-order valence-electron chi connectivity index (χ4n) is 3.36. The Kier molecular flexibility index (Phi) is 6.95. The highest BCUT2D eigenvalue weighted by Crippen LogP contribution is 2.46. The van der Waals surface area contributed by atoms with Crippen LogP contribution in [0.3, 0.4) is 0 Å². The molecule has 4 rings (SSSR count). The maximum Gasteiger partial charge on any atom is 0.490 e. The molecule has 2 saturated heterocycles. The van der Waals surface area contributed by atoms with E-state index in [0.717, 1.165) is 36.7 Å². The lowest BCUT2D eigenvalue weighted by Crippen LogP contribution is -2.60. The zero-order chi connectivity index (χ0) is 22.6. The summed E-state index contributed by atoms with van der Waals surface area (Å²) in [7, 11) is 0. The molecule has 2 fully saturated rings. The van der Waals surface area contributed by atoms with Crippen LogP contribution in [0.1, 0.15) is 28.4 Å². The molecule has 0 aliphatic carbocycles. The first-order valence-corrected chi connectivity index (χ1v) is 10.4. The van der Waals surface area contributed by atoms with Gasteiger partial charge in [-0.15, -0.1) is 11.8 Å². The minimum atomic E-state index is -5.08. The topological polar surface area (TPSA) is 92.9 Å². The number of alkyl halides is 3. The van der Waals surface area contributed by atoms with Gasteiger partial charge in [-0.1, -0.05) is 6.07 Å². The van der Waals surface area contributed by atoms with E-state index in [1.807, 2.05) is 41.8 Å². The number of carboxylic acid groups (broad SMARTS) is 1. The lowest BCUT2D eigenvalue weighted by molar-refractivity contribution is -0.192. The second kappa shape index (κ2) is 9.31. The molecule has 2 aromatic heterocycles. The molecule has 0 bridgehead atoms. The van der Waals surface area contributed by atoms with Gasteiger partial charge in [0.25, 0.3) is 5.91 Å². The molecule has 0 radical (unpaired) electrons. The Labute approximate surface area is 180 Å². The highest BCUT2D eigenvalue weighted by Gasteiger charge is 2.51. The third-order valence-electron chi connectivity index (χ3n) is 4.81. The third kappa shape index (κ3) is 6.01. The summed E-state index contributed by atoms with van der Waals surface area (Å²) in [5.74, 6) is -1.37. The number of thioether (sulfide) groups is 1. The number of likely N-dealkylation sites (tertiary alicyclic amines) is 1. The van der Waals surface area contributed by atoms with Crippen LogP contribution in [-0.2, 0) is 16.1 Å². The van der Waals surface area contributed by atoms with Gasteiger partial charge in [-0.3, -0.25) is 9.78 Å². The quantitative estimate of drug-likeness (QED) is 0.749. The van der Waals surface area contributed by atoms with Crippen molar-refractivity contribution in [2.24, 2.45) is 0 Å². The van der Waals surface area contributed by atoms with E-state index in [4.69, 9.17) is 19.1 Å². The van der Waals surface area contributed by atoms with Gasteiger partial charge in [0.15, 0.2) is 5.76 Å². The number of rotatable bonds is 4. The summed E-state index contributed by atoms with van der Waals surface area (Å²) in [4.78, 5) is 27.5. The fourth-order valence-corrected chi connectivity index (χ4v) is 4.91. The van der Waals surface area contributed by atoms with E-state index < -0.39 is 12.1 Å². The number of aryl methyl sites for hydroxylation is 1. The molecular weight excluding hydrogens is 437 g/mol. The van der Waals surface area contributed by atoms with Crippen LogP contribution < -0.4 is 0 Å². The molecule has 1 N–H and O–H groups in total. The van der Waals surface area contributed by atoms with E-state index in [-0.39, 0.29) is 16.8 Å². The van der Waals surface area contributed by atoms with E-state index >= 15 is 0 Å². The number of aliphatic carboxylic acids is 1. The van der Waals surface area contributed by atoms with E-state index in [0.29, 0.717) is 12.4 Å². The average Bonchev–Trinajstić information content (AvgIpc) is 3.35. The van der Waals surface area contributed by atoms with Crippen molar-refractivity contribution in [1.82, 2.24) is 9.88 Å². The van der Waals surface area contributed by atoms with Gasteiger partial charge in [0, 0.05) is 24.5 Å². The third-order valence-corrected chi connectivity index (χ3v) is 6.38. The molecule has 2 aliphatic rings. The SMILES string of the molecule is Cc1cccc(COC2CSC3(C2)CN(C(=O)c2ccco2)C3)n1.O=C(O)C(F)(F)F. The van der Waals surface area contributed by atoms with Gasteiger partial charge < -0.3 is 19.2 Å². The molecule has 2 aliphatic heterocycles. The molecule has 0 saturated carbocycles. The highest BCUT2D eigenvalue weighted by atomic mass is 32.2. The first kappa shape index (κ1) is 23.1. The number of halogens is 3. The summed E-state index contributed by atoms with van der Waals surface area (Å²) in [6.45, 7) is 4.10. The van der Waals surface area contributed by atoms with Gasteiger partial charge in [0.1, 0.15) is 0 Å². The summed E-state index contributed by atoms with van der Waals surface area (Å²) >= 11 is 1.93. The molecule has 1 amide bonds. The first-order valence-electron chi connectivity index (χ1n) is 9.39. The van der Waals surface area contributed by atoms with Crippen molar-refractivity contribution in [3.63, 3.8) is 0 Å². The normalized spacial score (nSPS) is 19.5. The smallest absolute Gasteiger partial charge is 0.475 e. The van der Waals surface area contributed by atoms with E-state index in [9.17, 15) is 18.0 Å². The number of pyridine rings is 1. The molecule has 2 aromatic rings. The zero-order valence-electron chi connectivity index (χ0n) is 16.6. The van der Waals surface area contributed by atoms with Gasteiger partial charge in [-0.25, -0.2) is 4.79 Å². The van der Waals surface area contributed by atoms with Crippen LogP contribution in [0.25, 0.3) is 0 Å². The second-order valence-electron chi connectivity index (χ2n) is 7.34. The Morgan fingerprint density at radius 3 is 2.61 bits per heavy atom. The van der Waals surface area contributed by atoms with Crippen LogP contribution in [0.4, 0.5) is 13.2 Å². The Hall–Kier alpha value is -2.53. The van der Waals surface area contributed by atoms with Gasteiger partial charge in [-0.05, 0) is 37.6 Å². The fraction of sp³-hybridized carbons (Fsp3) is 0.450. The lowest BCUT2D eigenvalue weighted by atomic mass is 9.92. The van der Waals surface area contributed by atoms with Crippen molar-refractivity contribution in [2.45, 2.75) is 37.0 Å². The van der Waals surface area contributed by atoms with Gasteiger partial charge in [-0.2, -0.15) is 13.2 Å². The van der Waals surface area contributed by atoms with Crippen molar-refractivity contribution in [3.05, 3.63) is 53.7 Å². The van der Waals surface area contributed by atoms with Crippen LogP contribution in [0, 0.1) is 6.92 Å². The van der Waals surface area contributed by atoms with Crippen molar-refractivity contribution in [3.8, 4) is 0 Å². The van der Waals surface area contributed by atoms with Gasteiger partial charge in [0.2, 0.25) is 0 Å². The summed E-state index contributed by atoms with van der Waals surface area (Å²) in [6.07, 6.45) is -2.32. The summed E-state index contributed by atoms with van der Waals surface area (Å²) < 4.78 is 43.1. The molecule has 1 spiro atoms. The van der Waals surface area contributed by atoms with Crippen molar-refractivity contribution in [1.29, 1.82) is 0 Å². The molecule has 0 aromatic carbocycles. The first-order chi connectivity index (χ1) is 14.6. The molecule has 31 heavy (non-hydrogen) atoms. The number of hydrogen-bond acceptors (Lipinski definition) is 6. The highest BCUT2D eigenvalue weighted by molar-refractivity contribution is 8.01. The number of carbonyl (C=O) groups is 2. The summed E-state index contributed by atoms with van der Waals surface area (Å²) in [6, 6.07) is 9.46. The number of aromatic nitrogens is 1. The number of nitrogens with zero attached hydrogens (tertiary/aromatic N) is 2. The largest absolute Gasteiger partial charge is 0.490 e. The maximum absolute atomic E-state index is 12.2. The molecule has 1 unspecified atom stereocenters. The number of furan rings is 1. The van der Waals surface area contributed by atoms with Crippen LogP contribution >= 0.6 is 11.8 Å². The average molecular weight is 458 g/mol. The summed E-state index contributed by atoms with van der Waals surface area (Å²) in [5, 5.41) is 7.12. The van der Waals surface area contributed by atoms with Crippen molar-refractivity contribution >= 4 is 23.6 Å². The molecule has 11 heteroatoms. The van der Waals surface area contributed by atoms with Crippen LogP contribution in [0.15, 0.2) is 41.0 Å². The van der Waals surface area contributed by atoms with Crippen LogP contribution in [0.5, 0.6) is 0 Å². The standard InChI is InChI=1S/C18H20N2O3S.C2HF3O2/c1-13-4-2-5-14(19-13)9-23-15-8-18(24-10-15)11-20(12-18)17(21)16-6-3-7-22-16;3-2(4,5)1(6)7/h2-7,15H,8-12H2,1H3;(H,6,7). The van der Waals surface area contributed by atoms with E-state index in [2.05, 4.69) is 4.98 Å². The molecule has 168 valence electrons. The molecular formula is C20H21F3N2O5S. The number of carboxylic acids is 1. The Balaban J connectivity index is 0.000000339. The summed E-state index contributed by atoms with van der Waals surface area (Å²) in [5.41, 5.74) is 1.99. The Bertz CT molecular complexity index is 914. The van der Waals surface area contributed by atoms with E-state index in [1.54, 1.807) is 12.1 Å². The zero-order valence-corrected chi connectivity index (χ0v) is 17.4. The number of carbonyl (C=O) groups excluding carboxylic acids is 1. The Morgan fingerprint density at radius 2 is 2.03 bits per heavy atom. The van der Waals surface area contributed by atoms with Crippen molar-refractivity contribution < 1.29 is 37.0 Å². The number of hydrogen-bond donors (Lipinski definition) is 1. The van der Waals surface area contributed by atoms with Crippen LogP contribution in [0.2, 0.25) is 0 Å². The minimum Gasteiger partial charge on any atom is -0.475 e. The van der Waals surface area contributed by atoms with Crippen LogP contribution in [-0.4, -0.2) is 62.7 Å². The van der Waals surface area contributed by atoms with Gasteiger partial charge in [0.05, 0.1) is 29.4 Å². The monoisotopic (exact) mass is 458 g/mol. The van der Waals surface area contributed by atoms with Gasteiger partial charge >= 0.3 is 12.1 Å². The molecule has 7 nitrogen and oxygen atoms in total. The minimum absolute atomic E-state index is 0.0143. The number of amides is 1. The van der Waals surface area contributed by atoms with E-state index in [1.165, 1.54) is 6.26 Å². The molecule has 1 atom stereocenters. The predicted octanol–water partition coefficient (Wildman–Crippen LogP) is 3.53. The Morgan fingerprint density at radius 1 is 1.32 bits per heavy atom. The maximum atomic E-state index is 12.2. The van der Waals surface area contributed by atoms with Crippen molar-refractivity contribution in [2.75, 3.05) is 18.8 Å². The predicted molar refractivity (Wildman–Crippen MR) is 106 cm³/mol. The molecule has 4 heterocycles. The second-order valence-corrected chi connectivity index (χ2v) is 8.83. The number of ether oxygens (including phenoxy) is 1.